The molecule has 2 rings (SSSR count). The van der Waals surface area contributed by atoms with Crippen molar-refractivity contribution in [2.45, 2.75) is 25.8 Å². The van der Waals surface area contributed by atoms with Gasteiger partial charge in [0.05, 0.1) is 0 Å². The van der Waals surface area contributed by atoms with Crippen molar-refractivity contribution in [2.75, 3.05) is 18.4 Å². The molecule has 1 heterocycles. The normalized spacial score (nSPS) is 18.4. The van der Waals surface area contributed by atoms with E-state index in [-0.39, 0.29) is 12.1 Å². The fraction of sp³-hybridized carbons (Fsp3) is 0.500. The standard InChI is InChI=1S/C14H21N3O/c1-11(15)12-7-9-17(10-8-12)14(18)16-13-5-3-2-4-6-13/h2-6,11-12H,7-10,15H2,1H3,(H,16,18). The summed E-state index contributed by atoms with van der Waals surface area (Å²) in [6.07, 6.45) is 2.00. The number of urea groups is 1. The summed E-state index contributed by atoms with van der Waals surface area (Å²) in [4.78, 5) is 13.9. The second-order valence-electron chi connectivity index (χ2n) is 4.98. The summed E-state index contributed by atoms with van der Waals surface area (Å²) >= 11 is 0. The number of nitrogens with zero attached hydrogens (tertiary/aromatic N) is 1. The summed E-state index contributed by atoms with van der Waals surface area (Å²) in [5, 5.41) is 2.91. The molecular weight excluding hydrogens is 226 g/mol. The van der Waals surface area contributed by atoms with Crippen molar-refractivity contribution in [1.29, 1.82) is 0 Å². The number of carbonyl (C=O) groups excluding carboxylic acids is 1. The molecule has 4 heteroatoms. The van der Waals surface area contributed by atoms with Crippen molar-refractivity contribution in [3.05, 3.63) is 30.3 Å². The number of hydrogen-bond donors (Lipinski definition) is 2. The monoisotopic (exact) mass is 247 g/mol. The van der Waals surface area contributed by atoms with Gasteiger partial charge in [-0.25, -0.2) is 4.79 Å². The first kappa shape index (κ1) is 12.9. The largest absolute Gasteiger partial charge is 0.328 e. The lowest BCUT2D eigenvalue weighted by Gasteiger charge is -2.33. The number of rotatable bonds is 2. The summed E-state index contributed by atoms with van der Waals surface area (Å²) < 4.78 is 0. The second kappa shape index (κ2) is 5.87. The molecular formula is C14H21N3O. The van der Waals surface area contributed by atoms with E-state index in [1.165, 1.54) is 0 Å². The molecule has 1 aliphatic heterocycles. The van der Waals surface area contributed by atoms with Gasteiger partial charge in [0.1, 0.15) is 0 Å². The molecule has 0 saturated carbocycles. The highest BCUT2D eigenvalue weighted by Gasteiger charge is 2.24. The minimum absolute atomic E-state index is 0.00988. The van der Waals surface area contributed by atoms with Crippen LogP contribution in [0, 0.1) is 5.92 Å². The third-order valence-corrected chi connectivity index (χ3v) is 3.60. The predicted octanol–water partition coefficient (Wildman–Crippen LogP) is 2.28. The average molecular weight is 247 g/mol. The first-order valence-electron chi connectivity index (χ1n) is 6.53. The number of likely N-dealkylation sites (tertiary alicyclic amines) is 1. The van der Waals surface area contributed by atoms with Gasteiger partial charge < -0.3 is 16.0 Å². The molecule has 0 aliphatic carbocycles. The Morgan fingerprint density at radius 3 is 2.50 bits per heavy atom. The van der Waals surface area contributed by atoms with E-state index in [0.717, 1.165) is 31.6 Å². The lowest BCUT2D eigenvalue weighted by Crippen LogP contribution is -2.44. The van der Waals surface area contributed by atoms with E-state index in [2.05, 4.69) is 5.32 Å². The van der Waals surface area contributed by atoms with Crippen LogP contribution in [0.25, 0.3) is 0 Å². The van der Waals surface area contributed by atoms with E-state index in [1.807, 2.05) is 42.2 Å². The van der Waals surface area contributed by atoms with E-state index in [1.54, 1.807) is 0 Å². The lowest BCUT2D eigenvalue weighted by atomic mass is 9.91. The van der Waals surface area contributed by atoms with Crippen molar-refractivity contribution >= 4 is 11.7 Å². The molecule has 1 aromatic carbocycles. The Bertz CT molecular complexity index is 383. The number of carbonyl (C=O) groups is 1. The van der Waals surface area contributed by atoms with E-state index < -0.39 is 0 Å². The first-order valence-corrected chi connectivity index (χ1v) is 6.53. The number of amides is 2. The van der Waals surface area contributed by atoms with Gasteiger partial charge in [-0.2, -0.15) is 0 Å². The molecule has 1 aliphatic rings. The van der Waals surface area contributed by atoms with Crippen LogP contribution in [0.15, 0.2) is 30.3 Å². The number of para-hydroxylation sites is 1. The second-order valence-corrected chi connectivity index (χ2v) is 4.98. The summed E-state index contributed by atoms with van der Waals surface area (Å²) in [5.41, 5.74) is 6.74. The maximum absolute atomic E-state index is 12.0. The number of anilines is 1. The van der Waals surface area contributed by atoms with Gasteiger partial charge in [0, 0.05) is 24.8 Å². The molecule has 0 bridgehead atoms. The topological polar surface area (TPSA) is 58.4 Å². The molecule has 1 fully saturated rings. The number of hydrogen-bond acceptors (Lipinski definition) is 2. The predicted molar refractivity (Wildman–Crippen MR) is 73.4 cm³/mol. The maximum atomic E-state index is 12.0. The van der Waals surface area contributed by atoms with Gasteiger partial charge in [-0.05, 0) is 37.8 Å². The van der Waals surface area contributed by atoms with Gasteiger partial charge in [-0.3, -0.25) is 0 Å². The average Bonchev–Trinajstić information content (AvgIpc) is 2.40. The Balaban J connectivity index is 1.85. The number of benzene rings is 1. The van der Waals surface area contributed by atoms with Gasteiger partial charge in [-0.15, -0.1) is 0 Å². The molecule has 1 saturated heterocycles. The quantitative estimate of drug-likeness (QED) is 0.842. The van der Waals surface area contributed by atoms with Gasteiger partial charge in [0.2, 0.25) is 0 Å². The minimum atomic E-state index is -0.00988. The summed E-state index contributed by atoms with van der Waals surface area (Å²) in [6, 6.07) is 9.77. The van der Waals surface area contributed by atoms with Crippen molar-refractivity contribution in [3.63, 3.8) is 0 Å². The fourth-order valence-corrected chi connectivity index (χ4v) is 2.35. The van der Waals surface area contributed by atoms with Crippen LogP contribution in [0.3, 0.4) is 0 Å². The molecule has 1 aromatic rings. The zero-order valence-corrected chi connectivity index (χ0v) is 10.8. The van der Waals surface area contributed by atoms with Gasteiger partial charge in [0.15, 0.2) is 0 Å². The Morgan fingerprint density at radius 2 is 1.94 bits per heavy atom. The highest BCUT2D eigenvalue weighted by Crippen LogP contribution is 2.20. The summed E-state index contributed by atoms with van der Waals surface area (Å²) in [7, 11) is 0. The molecule has 18 heavy (non-hydrogen) atoms. The molecule has 1 atom stereocenters. The number of nitrogens with two attached hydrogens (primary N) is 1. The zero-order chi connectivity index (χ0) is 13.0. The van der Waals surface area contributed by atoms with E-state index in [9.17, 15) is 4.79 Å². The Kier molecular flexibility index (Phi) is 4.20. The summed E-state index contributed by atoms with van der Waals surface area (Å²) in [6.45, 7) is 3.64. The third kappa shape index (κ3) is 3.23. The van der Waals surface area contributed by atoms with Crippen LogP contribution in [0.1, 0.15) is 19.8 Å². The van der Waals surface area contributed by atoms with Gasteiger partial charge in [-0.1, -0.05) is 18.2 Å². The van der Waals surface area contributed by atoms with Crippen molar-refractivity contribution in [1.82, 2.24) is 4.90 Å². The highest BCUT2D eigenvalue weighted by atomic mass is 16.2. The summed E-state index contributed by atoms with van der Waals surface area (Å²) in [5.74, 6) is 0.547. The Morgan fingerprint density at radius 1 is 1.33 bits per heavy atom. The van der Waals surface area contributed by atoms with Crippen LogP contribution in [0.5, 0.6) is 0 Å². The third-order valence-electron chi connectivity index (χ3n) is 3.60. The van der Waals surface area contributed by atoms with Crippen LogP contribution >= 0.6 is 0 Å². The molecule has 1 unspecified atom stereocenters. The first-order chi connectivity index (χ1) is 8.66. The van der Waals surface area contributed by atoms with Crippen LogP contribution in [-0.2, 0) is 0 Å². The smallest absolute Gasteiger partial charge is 0.321 e. The minimum Gasteiger partial charge on any atom is -0.328 e. The van der Waals surface area contributed by atoms with Crippen LogP contribution in [0.2, 0.25) is 0 Å². The zero-order valence-electron chi connectivity index (χ0n) is 10.8. The number of nitrogens with one attached hydrogen (secondary N) is 1. The van der Waals surface area contributed by atoms with Crippen molar-refractivity contribution in [2.24, 2.45) is 11.7 Å². The van der Waals surface area contributed by atoms with E-state index in [0.29, 0.717) is 5.92 Å². The maximum Gasteiger partial charge on any atom is 0.321 e. The fourth-order valence-electron chi connectivity index (χ4n) is 2.35. The van der Waals surface area contributed by atoms with Crippen LogP contribution in [-0.4, -0.2) is 30.1 Å². The molecule has 0 aromatic heterocycles. The lowest BCUT2D eigenvalue weighted by molar-refractivity contribution is 0.176. The van der Waals surface area contributed by atoms with E-state index >= 15 is 0 Å². The SMILES string of the molecule is CC(N)C1CCN(C(=O)Nc2ccccc2)CC1. The van der Waals surface area contributed by atoms with Crippen molar-refractivity contribution in [3.8, 4) is 0 Å². The molecule has 2 amide bonds. The molecule has 3 N–H and O–H groups in total. The van der Waals surface area contributed by atoms with Crippen LogP contribution < -0.4 is 11.1 Å². The molecule has 0 spiro atoms. The number of piperidine rings is 1. The Hall–Kier alpha value is -1.55. The molecule has 4 nitrogen and oxygen atoms in total. The van der Waals surface area contributed by atoms with Gasteiger partial charge >= 0.3 is 6.03 Å². The van der Waals surface area contributed by atoms with E-state index in [4.69, 9.17) is 5.73 Å². The van der Waals surface area contributed by atoms with Gasteiger partial charge in [0.25, 0.3) is 0 Å². The van der Waals surface area contributed by atoms with Crippen LogP contribution in [0.4, 0.5) is 10.5 Å². The molecule has 0 radical (unpaired) electrons. The highest BCUT2D eigenvalue weighted by molar-refractivity contribution is 5.89. The molecule has 98 valence electrons. The Labute approximate surface area is 108 Å². The van der Waals surface area contributed by atoms with Crippen molar-refractivity contribution < 1.29 is 4.79 Å².